The molecule has 1 aromatic carbocycles. The maximum atomic E-state index is 5.99. The third-order valence-electron chi connectivity index (χ3n) is 3.46. The lowest BCUT2D eigenvalue weighted by molar-refractivity contribution is 0.665. The topological polar surface area (TPSA) is 42.1 Å². The van der Waals surface area contributed by atoms with Crippen molar-refractivity contribution in [2.75, 3.05) is 17.7 Å². The first-order chi connectivity index (χ1) is 8.15. The summed E-state index contributed by atoms with van der Waals surface area (Å²) < 4.78 is 0. The molecule has 1 aromatic heterocycles. The standard InChI is InChI=1S/C14H19N3/c1-4-10(2)17(3)14-6-5-13(15)11-7-8-16-9-12(11)14/h5-10H,4,15H2,1-3H3. The SMILES string of the molecule is CCC(C)N(C)c1ccc(N)c2ccncc12. The average molecular weight is 229 g/mol. The van der Waals surface area contributed by atoms with Gasteiger partial charge in [-0.1, -0.05) is 6.92 Å². The van der Waals surface area contributed by atoms with Crippen LogP contribution < -0.4 is 10.6 Å². The number of nitrogen functional groups attached to an aromatic ring is 1. The summed E-state index contributed by atoms with van der Waals surface area (Å²) in [7, 11) is 2.12. The van der Waals surface area contributed by atoms with Crippen molar-refractivity contribution in [3.05, 3.63) is 30.6 Å². The van der Waals surface area contributed by atoms with Crippen LogP contribution in [0.1, 0.15) is 20.3 Å². The second-order valence-corrected chi connectivity index (χ2v) is 4.46. The zero-order chi connectivity index (χ0) is 12.4. The second kappa shape index (κ2) is 4.62. The maximum Gasteiger partial charge on any atom is 0.0462 e. The molecule has 0 aliphatic heterocycles. The Labute approximate surface area is 102 Å². The van der Waals surface area contributed by atoms with Gasteiger partial charge in [-0.25, -0.2) is 0 Å². The summed E-state index contributed by atoms with van der Waals surface area (Å²) in [5.74, 6) is 0. The van der Waals surface area contributed by atoms with Crippen LogP contribution in [0.15, 0.2) is 30.6 Å². The average Bonchev–Trinajstić information content (AvgIpc) is 2.38. The van der Waals surface area contributed by atoms with Gasteiger partial charge in [-0.05, 0) is 31.5 Å². The molecule has 1 unspecified atom stereocenters. The number of hydrogen-bond donors (Lipinski definition) is 1. The molecule has 0 radical (unpaired) electrons. The van der Waals surface area contributed by atoms with Gasteiger partial charge in [0.05, 0.1) is 0 Å². The highest BCUT2D eigenvalue weighted by Gasteiger charge is 2.12. The van der Waals surface area contributed by atoms with E-state index in [9.17, 15) is 0 Å². The third kappa shape index (κ3) is 2.05. The lowest BCUT2D eigenvalue weighted by atomic mass is 10.1. The molecule has 0 aliphatic rings. The van der Waals surface area contributed by atoms with Crippen LogP contribution in [0.4, 0.5) is 11.4 Å². The molecule has 3 nitrogen and oxygen atoms in total. The van der Waals surface area contributed by atoms with Crippen molar-refractivity contribution in [2.45, 2.75) is 26.3 Å². The van der Waals surface area contributed by atoms with E-state index in [0.717, 1.165) is 22.9 Å². The Morgan fingerprint density at radius 1 is 1.29 bits per heavy atom. The lowest BCUT2D eigenvalue weighted by Crippen LogP contribution is -2.28. The van der Waals surface area contributed by atoms with E-state index >= 15 is 0 Å². The van der Waals surface area contributed by atoms with Gasteiger partial charge in [-0.15, -0.1) is 0 Å². The van der Waals surface area contributed by atoms with Crippen LogP contribution in [0.3, 0.4) is 0 Å². The molecule has 2 rings (SSSR count). The van der Waals surface area contributed by atoms with Crippen molar-refractivity contribution in [2.24, 2.45) is 0 Å². The fourth-order valence-corrected chi connectivity index (χ4v) is 2.02. The van der Waals surface area contributed by atoms with Crippen molar-refractivity contribution in [3.63, 3.8) is 0 Å². The van der Waals surface area contributed by atoms with Gasteiger partial charge in [-0.2, -0.15) is 0 Å². The number of hydrogen-bond acceptors (Lipinski definition) is 3. The highest BCUT2D eigenvalue weighted by molar-refractivity contribution is 6.00. The summed E-state index contributed by atoms with van der Waals surface area (Å²) >= 11 is 0. The zero-order valence-electron chi connectivity index (χ0n) is 10.6. The number of fused-ring (bicyclic) bond motifs is 1. The number of nitrogens with two attached hydrogens (primary N) is 1. The van der Waals surface area contributed by atoms with Gasteiger partial charge in [0.15, 0.2) is 0 Å². The van der Waals surface area contributed by atoms with Gasteiger partial charge in [0.2, 0.25) is 0 Å². The lowest BCUT2D eigenvalue weighted by Gasteiger charge is -2.27. The molecule has 2 aromatic rings. The van der Waals surface area contributed by atoms with Crippen LogP contribution in [0.2, 0.25) is 0 Å². The summed E-state index contributed by atoms with van der Waals surface area (Å²) in [5.41, 5.74) is 7.99. The van der Waals surface area contributed by atoms with Gasteiger partial charge in [0.1, 0.15) is 0 Å². The molecule has 1 heterocycles. The van der Waals surface area contributed by atoms with Gasteiger partial charge < -0.3 is 10.6 Å². The first kappa shape index (κ1) is 11.7. The molecule has 0 saturated heterocycles. The summed E-state index contributed by atoms with van der Waals surface area (Å²) in [4.78, 5) is 6.48. The van der Waals surface area contributed by atoms with Crippen molar-refractivity contribution >= 4 is 22.1 Å². The largest absolute Gasteiger partial charge is 0.398 e. The summed E-state index contributed by atoms with van der Waals surface area (Å²) in [6, 6.07) is 6.52. The molecule has 0 fully saturated rings. The number of pyridine rings is 1. The Kier molecular flexibility index (Phi) is 3.18. The Hall–Kier alpha value is -1.77. The van der Waals surface area contributed by atoms with Crippen LogP contribution in [0, 0.1) is 0 Å². The Balaban J connectivity index is 2.59. The van der Waals surface area contributed by atoms with E-state index in [-0.39, 0.29) is 0 Å². The maximum absolute atomic E-state index is 5.99. The number of rotatable bonds is 3. The number of nitrogens with zero attached hydrogens (tertiary/aromatic N) is 2. The molecule has 0 saturated carbocycles. The smallest absolute Gasteiger partial charge is 0.0462 e. The van der Waals surface area contributed by atoms with E-state index in [2.05, 4.69) is 36.8 Å². The minimum absolute atomic E-state index is 0.502. The van der Waals surface area contributed by atoms with Crippen molar-refractivity contribution in [3.8, 4) is 0 Å². The van der Waals surface area contributed by atoms with E-state index in [1.165, 1.54) is 5.69 Å². The molecule has 90 valence electrons. The fourth-order valence-electron chi connectivity index (χ4n) is 2.02. The summed E-state index contributed by atoms with van der Waals surface area (Å²) in [6.45, 7) is 4.41. The van der Waals surface area contributed by atoms with Gasteiger partial charge in [0, 0.05) is 47.6 Å². The van der Waals surface area contributed by atoms with Crippen molar-refractivity contribution in [1.29, 1.82) is 0 Å². The summed E-state index contributed by atoms with van der Waals surface area (Å²) in [5, 5.41) is 2.20. The van der Waals surface area contributed by atoms with Gasteiger partial charge in [-0.3, -0.25) is 4.98 Å². The van der Waals surface area contributed by atoms with E-state index in [0.29, 0.717) is 6.04 Å². The molecular weight excluding hydrogens is 210 g/mol. The Morgan fingerprint density at radius 2 is 2.06 bits per heavy atom. The molecule has 17 heavy (non-hydrogen) atoms. The minimum atomic E-state index is 0.502. The molecular formula is C14H19N3. The highest BCUT2D eigenvalue weighted by atomic mass is 15.1. The number of aromatic nitrogens is 1. The quantitative estimate of drug-likeness (QED) is 0.822. The van der Waals surface area contributed by atoms with Gasteiger partial charge in [0.25, 0.3) is 0 Å². The van der Waals surface area contributed by atoms with Crippen molar-refractivity contribution in [1.82, 2.24) is 4.98 Å². The molecule has 0 spiro atoms. The molecule has 0 bridgehead atoms. The van der Waals surface area contributed by atoms with Crippen molar-refractivity contribution < 1.29 is 0 Å². The normalized spacial score (nSPS) is 12.6. The third-order valence-corrected chi connectivity index (χ3v) is 3.46. The van der Waals surface area contributed by atoms with E-state index in [1.54, 1.807) is 6.20 Å². The first-order valence-electron chi connectivity index (χ1n) is 6.00. The second-order valence-electron chi connectivity index (χ2n) is 4.46. The molecule has 1 atom stereocenters. The highest BCUT2D eigenvalue weighted by Crippen LogP contribution is 2.30. The monoisotopic (exact) mass is 229 g/mol. The zero-order valence-corrected chi connectivity index (χ0v) is 10.6. The van der Waals surface area contributed by atoms with Crippen LogP contribution in [0.5, 0.6) is 0 Å². The Morgan fingerprint density at radius 3 is 2.76 bits per heavy atom. The van der Waals surface area contributed by atoms with E-state index in [4.69, 9.17) is 5.73 Å². The molecule has 3 heteroatoms. The summed E-state index contributed by atoms with van der Waals surface area (Å²) in [6.07, 6.45) is 4.79. The molecule has 0 amide bonds. The van der Waals surface area contributed by atoms with Crippen LogP contribution in [-0.4, -0.2) is 18.1 Å². The minimum Gasteiger partial charge on any atom is -0.398 e. The van der Waals surface area contributed by atoms with Crippen LogP contribution >= 0.6 is 0 Å². The molecule has 0 aliphatic carbocycles. The number of anilines is 2. The Bertz CT molecular complexity index is 522. The predicted molar refractivity (Wildman–Crippen MR) is 74.3 cm³/mol. The van der Waals surface area contributed by atoms with Gasteiger partial charge >= 0.3 is 0 Å². The predicted octanol–water partition coefficient (Wildman–Crippen LogP) is 3.05. The van der Waals surface area contributed by atoms with E-state index < -0.39 is 0 Å². The molecule has 2 N–H and O–H groups in total. The fraction of sp³-hybridized carbons (Fsp3) is 0.357. The van der Waals surface area contributed by atoms with E-state index in [1.807, 2.05) is 18.3 Å². The first-order valence-corrected chi connectivity index (χ1v) is 6.00. The van der Waals surface area contributed by atoms with Crippen LogP contribution in [-0.2, 0) is 0 Å². The van der Waals surface area contributed by atoms with Crippen LogP contribution in [0.25, 0.3) is 10.8 Å². The number of benzene rings is 1.